The van der Waals surface area contributed by atoms with Gasteiger partial charge in [0.25, 0.3) is 5.91 Å². The first kappa shape index (κ1) is 22.6. The Balaban J connectivity index is 1.70. The molecule has 31 heavy (non-hydrogen) atoms. The molecule has 0 radical (unpaired) electrons. The zero-order chi connectivity index (χ0) is 22.4. The summed E-state index contributed by atoms with van der Waals surface area (Å²) >= 11 is 17.8. The highest BCUT2D eigenvalue weighted by Gasteiger charge is 2.14. The van der Waals surface area contributed by atoms with Crippen LogP contribution in [0.3, 0.4) is 0 Å². The van der Waals surface area contributed by atoms with Crippen LogP contribution in [0.5, 0.6) is 11.5 Å². The van der Waals surface area contributed by atoms with Crippen LogP contribution in [0.15, 0.2) is 65.8 Å². The summed E-state index contributed by atoms with van der Waals surface area (Å²) in [7, 11) is 1.44. The molecule has 0 saturated heterocycles. The Hall–Kier alpha value is -3.06. The second-order valence-corrected chi connectivity index (χ2v) is 7.33. The van der Waals surface area contributed by atoms with Gasteiger partial charge in [0.15, 0.2) is 11.5 Å². The van der Waals surface area contributed by atoms with Gasteiger partial charge in [0, 0.05) is 0 Å². The summed E-state index contributed by atoms with van der Waals surface area (Å²) in [6.45, 7) is 0. The van der Waals surface area contributed by atoms with Gasteiger partial charge in [0.1, 0.15) is 0 Å². The van der Waals surface area contributed by atoms with Crippen LogP contribution in [-0.2, 0) is 0 Å². The molecule has 0 aliphatic rings. The van der Waals surface area contributed by atoms with E-state index >= 15 is 0 Å². The maximum atomic E-state index is 12.4. The number of esters is 1. The van der Waals surface area contributed by atoms with Gasteiger partial charge in [-0.05, 0) is 54.1 Å². The van der Waals surface area contributed by atoms with Gasteiger partial charge in [0.05, 0.1) is 39.5 Å². The smallest absolute Gasteiger partial charge is 0.343 e. The first-order valence-corrected chi connectivity index (χ1v) is 9.95. The molecule has 9 heteroatoms. The SMILES string of the molecule is COc1cc(/C=N\NC(=O)c2ccccc2Cl)ccc1OC(=O)c1ccc(Cl)c(Cl)c1. The predicted molar refractivity (Wildman–Crippen MR) is 121 cm³/mol. The molecule has 0 aliphatic heterocycles. The minimum absolute atomic E-state index is 0.204. The molecule has 3 rings (SSSR count). The number of carbonyl (C=O) groups excluding carboxylic acids is 2. The number of halogens is 3. The maximum absolute atomic E-state index is 12.4. The lowest BCUT2D eigenvalue weighted by molar-refractivity contribution is 0.0729. The third kappa shape index (κ3) is 5.76. The topological polar surface area (TPSA) is 77.0 Å². The van der Waals surface area contributed by atoms with Crippen molar-refractivity contribution in [3.63, 3.8) is 0 Å². The van der Waals surface area contributed by atoms with Crippen LogP contribution < -0.4 is 14.9 Å². The van der Waals surface area contributed by atoms with Gasteiger partial charge in [-0.25, -0.2) is 10.2 Å². The largest absolute Gasteiger partial charge is 0.493 e. The van der Waals surface area contributed by atoms with Crippen molar-refractivity contribution in [2.24, 2.45) is 5.10 Å². The van der Waals surface area contributed by atoms with Crippen LogP contribution in [0.4, 0.5) is 0 Å². The van der Waals surface area contributed by atoms with Gasteiger partial charge in [-0.1, -0.05) is 46.9 Å². The number of carbonyl (C=O) groups is 2. The molecule has 3 aromatic carbocycles. The van der Waals surface area contributed by atoms with Crippen molar-refractivity contribution >= 4 is 52.9 Å². The van der Waals surface area contributed by atoms with E-state index in [1.807, 2.05) is 0 Å². The molecule has 0 saturated carbocycles. The Bertz CT molecular complexity index is 1170. The lowest BCUT2D eigenvalue weighted by Gasteiger charge is -2.10. The molecular formula is C22H15Cl3N2O4. The molecule has 158 valence electrons. The average molecular weight is 478 g/mol. The monoisotopic (exact) mass is 476 g/mol. The molecule has 3 aromatic rings. The number of ether oxygens (including phenoxy) is 2. The normalized spacial score (nSPS) is 10.7. The molecule has 0 atom stereocenters. The van der Waals surface area contributed by atoms with Gasteiger partial charge in [-0.3, -0.25) is 4.79 Å². The lowest BCUT2D eigenvalue weighted by atomic mass is 10.2. The fourth-order valence-electron chi connectivity index (χ4n) is 2.50. The highest BCUT2D eigenvalue weighted by molar-refractivity contribution is 6.42. The molecule has 0 spiro atoms. The Morgan fingerprint density at radius 1 is 0.903 bits per heavy atom. The molecular weight excluding hydrogens is 463 g/mol. The summed E-state index contributed by atoms with van der Waals surface area (Å²) in [4.78, 5) is 24.5. The predicted octanol–water partition coefficient (Wildman–Crippen LogP) is 5.64. The van der Waals surface area contributed by atoms with Crippen LogP contribution in [0.25, 0.3) is 0 Å². The standard InChI is InChI=1S/C22H15Cl3N2O4/c1-30-20-10-13(12-26-27-21(28)15-4-2-3-5-16(15)23)6-9-19(20)31-22(29)14-7-8-17(24)18(25)11-14/h2-12H,1H3,(H,27,28)/b26-12-. The van der Waals surface area contributed by atoms with Crippen LogP contribution in [0.1, 0.15) is 26.3 Å². The van der Waals surface area contributed by atoms with Crippen LogP contribution >= 0.6 is 34.8 Å². The maximum Gasteiger partial charge on any atom is 0.343 e. The van der Waals surface area contributed by atoms with E-state index in [1.165, 1.54) is 31.5 Å². The van der Waals surface area contributed by atoms with Crippen molar-refractivity contribution in [2.75, 3.05) is 7.11 Å². The molecule has 0 aliphatic carbocycles. The number of hydrazone groups is 1. The van der Waals surface area contributed by atoms with Crippen molar-refractivity contribution in [3.8, 4) is 11.5 Å². The quantitative estimate of drug-likeness (QED) is 0.216. The molecule has 1 amide bonds. The van der Waals surface area contributed by atoms with Gasteiger partial charge < -0.3 is 9.47 Å². The van der Waals surface area contributed by atoms with E-state index in [0.717, 1.165) is 0 Å². The molecule has 0 aromatic heterocycles. The highest BCUT2D eigenvalue weighted by Crippen LogP contribution is 2.29. The van der Waals surface area contributed by atoms with Crippen molar-refractivity contribution in [2.45, 2.75) is 0 Å². The molecule has 0 fully saturated rings. The highest BCUT2D eigenvalue weighted by atomic mass is 35.5. The number of hydrogen-bond donors (Lipinski definition) is 1. The Morgan fingerprint density at radius 3 is 2.39 bits per heavy atom. The first-order chi connectivity index (χ1) is 14.9. The number of nitrogens with one attached hydrogen (secondary N) is 1. The zero-order valence-electron chi connectivity index (χ0n) is 16.1. The van der Waals surface area contributed by atoms with E-state index in [0.29, 0.717) is 26.9 Å². The number of benzene rings is 3. The first-order valence-electron chi connectivity index (χ1n) is 8.82. The van der Waals surface area contributed by atoms with E-state index in [2.05, 4.69) is 10.5 Å². The van der Waals surface area contributed by atoms with E-state index < -0.39 is 11.9 Å². The fraction of sp³-hybridized carbons (Fsp3) is 0.0455. The minimum Gasteiger partial charge on any atom is -0.493 e. The van der Waals surface area contributed by atoms with Crippen molar-refractivity contribution < 1.29 is 19.1 Å². The van der Waals surface area contributed by atoms with E-state index in [9.17, 15) is 9.59 Å². The van der Waals surface area contributed by atoms with Crippen molar-refractivity contribution in [1.82, 2.24) is 5.43 Å². The number of hydrogen-bond acceptors (Lipinski definition) is 5. The summed E-state index contributed by atoms with van der Waals surface area (Å²) in [5, 5.41) is 4.82. The second kappa shape index (κ2) is 10.3. The van der Waals surface area contributed by atoms with Crippen molar-refractivity contribution in [1.29, 1.82) is 0 Å². The van der Waals surface area contributed by atoms with Crippen molar-refractivity contribution in [3.05, 3.63) is 92.4 Å². The van der Waals surface area contributed by atoms with E-state index in [4.69, 9.17) is 44.3 Å². The zero-order valence-corrected chi connectivity index (χ0v) is 18.3. The van der Waals surface area contributed by atoms with Crippen LogP contribution in [0, 0.1) is 0 Å². The van der Waals surface area contributed by atoms with Gasteiger partial charge >= 0.3 is 5.97 Å². The van der Waals surface area contributed by atoms with Gasteiger partial charge in [-0.2, -0.15) is 5.10 Å². The minimum atomic E-state index is -0.620. The number of nitrogens with zero attached hydrogens (tertiary/aromatic N) is 1. The fourth-order valence-corrected chi connectivity index (χ4v) is 3.02. The molecule has 6 nitrogen and oxygen atoms in total. The Kier molecular flexibility index (Phi) is 7.52. The second-order valence-electron chi connectivity index (χ2n) is 6.11. The average Bonchev–Trinajstić information content (AvgIpc) is 2.76. The number of amides is 1. The van der Waals surface area contributed by atoms with Gasteiger partial charge in [0.2, 0.25) is 0 Å². The molecule has 0 bridgehead atoms. The van der Waals surface area contributed by atoms with Crippen LogP contribution in [0.2, 0.25) is 15.1 Å². The number of methoxy groups -OCH3 is 1. The summed E-state index contributed by atoms with van der Waals surface area (Å²) in [5.41, 5.74) is 3.55. The van der Waals surface area contributed by atoms with E-state index in [1.54, 1.807) is 42.5 Å². The number of rotatable bonds is 6. The Labute approximate surface area is 193 Å². The summed E-state index contributed by atoms with van der Waals surface area (Å²) in [6.07, 6.45) is 1.42. The third-order valence-electron chi connectivity index (χ3n) is 4.04. The van der Waals surface area contributed by atoms with E-state index in [-0.39, 0.29) is 16.3 Å². The summed E-state index contributed by atoms with van der Waals surface area (Å²) in [5.74, 6) is -0.558. The summed E-state index contributed by atoms with van der Waals surface area (Å²) < 4.78 is 10.7. The van der Waals surface area contributed by atoms with Gasteiger partial charge in [-0.15, -0.1) is 0 Å². The summed E-state index contributed by atoms with van der Waals surface area (Å²) in [6, 6.07) is 15.9. The molecule has 0 unspecified atom stereocenters. The van der Waals surface area contributed by atoms with Crippen LogP contribution in [-0.4, -0.2) is 25.2 Å². The Morgan fingerprint density at radius 2 is 1.68 bits per heavy atom. The third-order valence-corrected chi connectivity index (χ3v) is 5.11. The molecule has 1 N–H and O–H groups in total. The molecule has 0 heterocycles. The lowest BCUT2D eigenvalue weighted by Crippen LogP contribution is -2.17.